The number of fused-ring (bicyclic) bond motifs is 5. The number of ether oxygens (including phenoxy) is 3. The molecule has 5 heteroatoms. The molecule has 1 N–H and O–H groups in total. The summed E-state index contributed by atoms with van der Waals surface area (Å²) < 4.78 is 17.5. The molecule has 0 aromatic rings. The first-order valence-electron chi connectivity index (χ1n) is 21.7. The Morgan fingerprint density at radius 3 is 2.21 bits per heavy atom. The van der Waals surface area contributed by atoms with Crippen LogP contribution in [0.25, 0.3) is 0 Å². The number of carbonyl (C=O) groups is 1. The molecule has 0 saturated heterocycles. The Balaban J connectivity index is 0.00000199. The van der Waals surface area contributed by atoms with Gasteiger partial charge >= 0.3 is 0 Å². The molecule has 52 heavy (non-hydrogen) atoms. The van der Waals surface area contributed by atoms with Gasteiger partial charge in [-0.3, -0.25) is 5.32 Å². The fourth-order valence-electron chi connectivity index (χ4n) is 9.79. The van der Waals surface area contributed by atoms with Gasteiger partial charge in [-0.05, 0) is 116 Å². The number of rotatable bonds is 19. The molecule has 4 aliphatic rings. The Hall–Kier alpha value is -1.27. The van der Waals surface area contributed by atoms with Gasteiger partial charge in [0.25, 0.3) is 0 Å². The van der Waals surface area contributed by atoms with Crippen LogP contribution in [0.5, 0.6) is 0 Å². The highest BCUT2D eigenvalue weighted by Crippen LogP contribution is 2.67. The highest BCUT2D eigenvalue weighted by Gasteiger charge is 2.59. The topological polar surface area (TPSA) is 56.8 Å². The molecule has 0 aromatic heterocycles. The lowest BCUT2D eigenvalue weighted by Crippen LogP contribution is -2.51. The van der Waals surface area contributed by atoms with Gasteiger partial charge in [-0.2, -0.15) is 0 Å². The summed E-state index contributed by atoms with van der Waals surface area (Å²) in [6.07, 6.45) is 27.7. The van der Waals surface area contributed by atoms with Crippen molar-refractivity contribution in [2.24, 2.45) is 52.3 Å². The Labute approximate surface area is 325 Å². The van der Waals surface area contributed by atoms with Gasteiger partial charge in [0.15, 0.2) is 0 Å². The zero-order valence-corrected chi connectivity index (χ0v) is 36.1. The first-order chi connectivity index (χ1) is 25.0. The molecule has 8 atom stereocenters. The van der Waals surface area contributed by atoms with E-state index in [4.69, 9.17) is 19.0 Å². The summed E-state index contributed by atoms with van der Waals surface area (Å²) in [6.45, 7) is 33.2. The lowest BCUT2D eigenvalue weighted by Gasteiger charge is -2.58. The molecule has 4 aliphatic carbocycles. The van der Waals surface area contributed by atoms with Crippen LogP contribution in [0, 0.1) is 52.3 Å². The van der Waals surface area contributed by atoms with Crippen molar-refractivity contribution in [3.8, 4) is 0 Å². The maximum atomic E-state index is 8.00. The van der Waals surface area contributed by atoms with Crippen molar-refractivity contribution in [2.75, 3.05) is 39.7 Å². The number of hydrogen-bond acceptors (Lipinski definition) is 5. The van der Waals surface area contributed by atoms with E-state index >= 15 is 0 Å². The summed E-state index contributed by atoms with van der Waals surface area (Å²) >= 11 is 0. The lowest BCUT2D eigenvalue weighted by atomic mass is 9.47. The van der Waals surface area contributed by atoms with Crippen LogP contribution >= 0.6 is 0 Å². The average molecular weight is 732 g/mol. The minimum absolute atomic E-state index is 0. The largest absolute Gasteiger partial charge is 0.378 e. The zero-order chi connectivity index (χ0) is 39.0. The van der Waals surface area contributed by atoms with E-state index in [2.05, 4.69) is 99.4 Å². The monoisotopic (exact) mass is 732 g/mol. The van der Waals surface area contributed by atoms with E-state index in [0.29, 0.717) is 50.1 Å². The Bertz CT molecular complexity index is 984. The molecular formula is C47H89NO4. The third-order valence-corrected chi connectivity index (χ3v) is 13.2. The second-order valence-electron chi connectivity index (χ2n) is 17.5. The summed E-state index contributed by atoms with van der Waals surface area (Å²) in [7, 11) is 0. The minimum atomic E-state index is 0. The fourth-order valence-corrected chi connectivity index (χ4v) is 9.79. The molecule has 4 unspecified atom stereocenters. The molecule has 4 rings (SSSR count). The molecule has 5 nitrogen and oxygen atoms in total. The third kappa shape index (κ3) is 15.8. The summed E-state index contributed by atoms with van der Waals surface area (Å²) in [5.41, 5.74) is 2.71. The first kappa shape index (κ1) is 48.7. The second-order valence-corrected chi connectivity index (χ2v) is 17.5. The van der Waals surface area contributed by atoms with Gasteiger partial charge in [0.05, 0.1) is 39.3 Å². The molecule has 3 saturated carbocycles. The highest BCUT2D eigenvalue weighted by atomic mass is 16.5. The zero-order valence-electron chi connectivity index (χ0n) is 36.1. The van der Waals surface area contributed by atoms with Gasteiger partial charge in [0.2, 0.25) is 0 Å². The van der Waals surface area contributed by atoms with Crippen LogP contribution in [-0.2, 0) is 19.0 Å². The lowest BCUT2D eigenvalue weighted by molar-refractivity contribution is -0.0980. The molecule has 0 radical (unpaired) electrons. The van der Waals surface area contributed by atoms with Crippen LogP contribution in [0.3, 0.4) is 0 Å². The van der Waals surface area contributed by atoms with Gasteiger partial charge in [0, 0.05) is 7.97 Å². The number of carbonyl (C=O) groups excluding carboxylic acids is 1. The van der Waals surface area contributed by atoms with Crippen molar-refractivity contribution >= 4 is 6.79 Å². The Morgan fingerprint density at radius 2 is 1.58 bits per heavy atom. The van der Waals surface area contributed by atoms with E-state index in [-0.39, 0.29) is 1.43 Å². The van der Waals surface area contributed by atoms with E-state index in [0.717, 1.165) is 67.2 Å². The summed E-state index contributed by atoms with van der Waals surface area (Å²) in [4.78, 5) is 8.00. The van der Waals surface area contributed by atoms with Gasteiger partial charge in [-0.25, -0.2) is 0 Å². The predicted octanol–water partition coefficient (Wildman–Crippen LogP) is 12.7. The van der Waals surface area contributed by atoms with E-state index in [1.807, 2.05) is 12.9 Å². The third-order valence-electron chi connectivity index (χ3n) is 13.2. The SMILES string of the molecule is C=CCC.C=O.CC/C=C/COCCOCCNCO[C@H]1CCC2(C)C(=CCC3C2CC[C@@]2(C)C3CC[C@@H]2[C@H](C)CCCC(C)C)C1.CCC(C)C.[HH]. The maximum absolute atomic E-state index is 8.00. The predicted molar refractivity (Wildman–Crippen MR) is 227 cm³/mol. The van der Waals surface area contributed by atoms with Crippen LogP contribution in [0.2, 0.25) is 0 Å². The van der Waals surface area contributed by atoms with Crippen molar-refractivity contribution < 1.29 is 20.4 Å². The molecule has 0 heterocycles. The van der Waals surface area contributed by atoms with Crippen LogP contribution < -0.4 is 5.32 Å². The van der Waals surface area contributed by atoms with Gasteiger partial charge in [-0.15, -0.1) is 6.58 Å². The number of allylic oxidation sites excluding steroid dienone is 3. The van der Waals surface area contributed by atoms with Crippen molar-refractivity contribution in [2.45, 2.75) is 165 Å². The normalized spacial score (nSPS) is 29.7. The van der Waals surface area contributed by atoms with Gasteiger partial charge in [-0.1, -0.05) is 125 Å². The number of hydrogen-bond donors (Lipinski definition) is 1. The van der Waals surface area contributed by atoms with Gasteiger partial charge < -0.3 is 19.0 Å². The average Bonchev–Trinajstić information content (AvgIpc) is 3.50. The molecule has 306 valence electrons. The van der Waals surface area contributed by atoms with Crippen molar-refractivity contribution in [3.63, 3.8) is 0 Å². The van der Waals surface area contributed by atoms with Crippen LogP contribution in [0.1, 0.15) is 161 Å². The first-order valence-corrected chi connectivity index (χ1v) is 21.7. The Morgan fingerprint density at radius 1 is 0.885 bits per heavy atom. The molecule has 0 spiro atoms. The van der Waals surface area contributed by atoms with Crippen molar-refractivity contribution in [3.05, 3.63) is 36.5 Å². The quantitative estimate of drug-likeness (QED) is 0.0814. The van der Waals surface area contributed by atoms with E-state index in [1.165, 1.54) is 70.6 Å². The van der Waals surface area contributed by atoms with Crippen molar-refractivity contribution in [1.82, 2.24) is 5.32 Å². The summed E-state index contributed by atoms with van der Waals surface area (Å²) in [5, 5.41) is 3.42. The number of nitrogens with one attached hydrogen (secondary N) is 1. The second kappa shape index (κ2) is 27.3. The Kier molecular flexibility index (Phi) is 25.6. The van der Waals surface area contributed by atoms with E-state index in [9.17, 15) is 0 Å². The van der Waals surface area contributed by atoms with E-state index < -0.39 is 0 Å². The molecule has 3 fully saturated rings. The van der Waals surface area contributed by atoms with Crippen LogP contribution in [0.4, 0.5) is 0 Å². The van der Waals surface area contributed by atoms with Crippen LogP contribution in [0.15, 0.2) is 36.5 Å². The van der Waals surface area contributed by atoms with E-state index in [1.54, 1.807) is 5.57 Å². The smallest absolute Gasteiger partial charge is 0.106 e. The maximum Gasteiger partial charge on any atom is 0.106 e. The summed E-state index contributed by atoms with van der Waals surface area (Å²) in [6, 6.07) is 0. The standard InChI is InChI=1S/C37H65NO3.C5H12.C4H8.CH2O.H2/c1-7-8-9-22-39-24-25-40-23-21-38-27-41-31-17-19-36(5)30(26-31)13-14-32-34-16-15-33(29(4)12-10-11-28(2)3)37(34,6)20-18-35(32)36;1-4-5(2)3;1-3-4-2;1-2;/h8-9,13,28-29,31-35,38H,7,10-12,14-27H2,1-6H3;5H,4H2,1-3H3;3H,1,4H2,2H3;1H2;1H/b9-8+;;;;/t29-,31+,32?,33-,34?,35?,36?,37-;;;;/m1..../s1. The summed E-state index contributed by atoms with van der Waals surface area (Å²) in [5.74, 6) is 6.31. The van der Waals surface area contributed by atoms with Crippen LogP contribution in [-0.4, -0.2) is 52.6 Å². The molecule has 0 amide bonds. The molecule has 0 aromatic carbocycles. The molecule has 0 aliphatic heterocycles. The van der Waals surface area contributed by atoms with Crippen molar-refractivity contribution in [1.29, 1.82) is 0 Å². The highest BCUT2D eigenvalue weighted by molar-refractivity contribution is 5.25. The minimum Gasteiger partial charge on any atom is -0.378 e. The fraction of sp³-hybridized carbons (Fsp3) is 0.851. The molecular weight excluding hydrogens is 643 g/mol. The molecule has 0 bridgehead atoms. The van der Waals surface area contributed by atoms with Gasteiger partial charge in [0.1, 0.15) is 6.79 Å².